The largest absolute Gasteiger partial charge is 0.475 e. The van der Waals surface area contributed by atoms with Crippen molar-refractivity contribution < 1.29 is 17.9 Å². The molecule has 1 N–H and O–H groups in total. The summed E-state index contributed by atoms with van der Waals surface area (Å²) in [6, 6.07) is 2.61. The van der Waals surface area contributed by atoms with Gasteiger partial charge in [0.15, 0.2) is 20.0 Å². The fourth-order valence-corrected chi connectivity index (χ4v) is 2.68. The topological polar surface area (TPSA) is 98.2 Å². The number of carbonyl (C=O) groups excluding carboxylic acids is 1. The third-order valence-corrected chi connectivity index (χ3v) is 4.09. The molecule has 0 aromatic carbocycles. The van der Waals surface area contributed by atoms with Crippen LogP contribution in [-0.2, 0) is 9.84 Å². The number of carbonyl (C=O) groups is 1. The molecule has 0 bridgehead atoms. The summed E-state index contributed by atoms with van der Waals surface area (Å²) in [5, 5.41) is 4.52. The number of pyridine rings is 1. The summed E-state index contributed by atoms with van der Waals surface area (Å²) < 4.78 is 28.8. The van der Waals surface area contributed by atoms with Crippen LogP contribution in [0.2, 0.25) is 0 Å². The van der Waals surface area contributed by atoms with E-state index in [-0.39, 0.29) is 22.6 Å². The maximum absolute atomic E-state index is 12.2. The minimum absolute atomic E-state index is 0.0854. The first-order valence-corrected chi connectivity index (χ1v) is 9.12. The number of aromatic nitrogens is 2. The van der Waals surface area contributed by atoms with E-state index in [0.717, 1.165) is 6.26 Å². The Bertz CT molecular complexity index is 771. The lowest BCUT2D eigenvalue weighted by molar-refractivity contribution is 0.102. The van der Waals surface area contributed by atoms with Gasteiger partial charge in [0.2, 0.25) is 5.88 Å². The molecule has 0 radical (unpaired) electrons. The van der Waals surface area contributed by atoms with E-state index in [1.54, 1.807) is 25.4 Å². The first kappa shape index (κ1) is 16.4. The fraction of sp³-hybridized carbons (Fsp3) is 0.308. The second-order valence-corrected chi connectivity index (χ2v) is 7.62. The van der Waals surface area contributed by atoms with Crippen LogP contribution in [0.5, 0.6) is 5.88 Å². The van der Waals surface area contributed by atoms with Gasteiger partial charge in [-0.1, -0.05) is 0 Å². The molecular weight excluding hydrogens is 326 g/mol. The van der Waals surface area contributed by atoms with Gasteiger partial charge in [-0.2, -0.15) is 0 Å². The second kappa shape index (κ2) is 6.41. The molecule has 0 aliphatic carbocycles. The number of amides is 1. The van der Waals surface area contributed by atoms with Crippen LogP contribution >= 0.6 is 11.3 Å². The van der Waals surface area contributed by atoms with Crippen molar-refractivity contribution in [3.05, 3.63) is 29.3 Å². The summed E-state index contributed by atoms with van der Waals surface area (Å²) in [6.45, 7) is 3.56. The van der Waals surface area contributed by atoms with Crippen LogP contribution in [0.15, 0.2) is 28.7 Å². The first-order chi connectivity index (χ1) is 10.3. The lowest BCUT2D eigenvalue weighted by Crippen LogP contribution is -2.15. The maximum atomic E-state index is 12.2. The van der Waals surface area contributed by atoms with Crippen LogP contribution < -0.4 is 10.1 Å². The van der Waals surface area contributed by atoms with E-state index in [4.69, 9.17) is 4.74 Å². The fourth-order valence-electron chi connectivity index (χ4n) is 1.56. The molecule has 118 valence electrons. The van der Waals surface area contributed by atoms with Crippen LogP contribution in [0, 0.1) is 0 Å². The number of nitrogens with zero attached hydrogens (tertiary/aromatic N) is 2. The van der Waals surface area contributed by atoms with Gasteiger partial charge in [0.05, 0.1) is 6.10 Å². The van der Waals surface area contributed by atoms with Gasteiger partial charge < -0.3 is 4.74 Å². The third kappa shape index (κ3) is 4.25. The SMILES string of the molecule is CC(C)Oc1cc(C(=O)Nc2nccs2)cc(S(C)(=O)=O)n1. The van der Waals surface area contributed by atoms with Crippen molar-refractivity contribution in [1.29, 1.82) is 0 Å². The van der Waals surface area contributed by atoms with Crippen LogP contribution in [0.4, 0.5) is 5.13 Å². The molecule has 0 saturated carbocycles. The van der Waals surface area contributed by atoms with Crippen molar-refractivity contribution in [3.8, 4) is 5.88 Å². The van der Waals surface area contributed by atoms with Crippen LogP contribution in [-0.4, -0.2) is 36.7 Å². The van der Waals surface area contributed by atoms with E-state index in [1.807, 2.05) is 0 Å². The van der Waals surface area contributed by atoms with Gasteiger partial charge in [0.25, 0.3) is 5.91 Å². The monoisotopic (exact) mass is 341 g/mol. The predicted molar refractivity (Wildman–Crippen MR) is 83.2 cm³/mol. The van der Waals surface area contributed by atoms with Crippen LogP contribution in [0.25, 0.3) is 0 Å². The Kier molecular flexibility index (Phi) is 4.77. The summed E-state index contributed by atoms with van der Waals surface area (Å²) >= 11 is 1.26. The Balaban J connectivity index is 2.38. The zero-order chi connectivity index (χ0) is 16.3. The third-order valence-electron chi connectivity index (χ3n) is 2.43. The highest BCUT2D eigenvalue weighted by Gasteiger charge is 2.17. The van der Waals surface area contributed by atoms with Gasteiger partial charge >= 0.3 is 0 Å². The van der Waals surface area contributed by atoms with Crippen molar-refractivity contribution in [2.75, 3.05) is 11.6 Å². The summed E-state index contributed by atoms with van der Waals surface area (Å²) in [5.41, 5.74) is 0.140. The highest BCUT2D eigenvalue weighted by molar-refractivity contribution is 7.90. The summed E-state index contributed by atoms with van der Waals surface area (Å²) in [7, 11) is -3.56. The zero-order valence-electron chi connectivity index (χ0n) is 12.2. The van der Waals surface area contributed by atoms with Crippen molar-refractivity contribution in [2.45, 2.75) is 25.0 Å². The van der Waals surface area contributed by atoms with Crippen molar-refractivity contribution >= 4 is 32.2 Å². The highest BCUT2D eigenvalue weighted by atomic mass is 32.2. The average Bonchev–Trinajstić information content (AvgIpc) is 2.89. The molecule has 2 rings (SSSR count). The van der Waals surface area contributed by atoms with Gasteiger partial charge in [0, 0.05) is 29.5 Å². The molecule has 0 aliphatic rings. The standard InChI is InChI=1S/C13H15N3O4S2/c1-8(2)20-10-6-9(7-11(15-10)22(3,18)19)12(17)16-13-14-4-5-21-13/h4-8H,1-3H3,(H,14,16,17). The van der Waals surface area contributed by atoms with E-state index in [9.17, 15) is 13.2 Å². The van der Waals surface area contributed by atoms with Crippen LogP contribution in [0.1, 0.15) is 24.2 Å². The molecule has 2 heterocycles. The number of hydrogen-bond donors (Lipinski definition) is 1. The van der Waals surface area contributed by atoms with Gasteiger partial charge in [0.1, 0.15) is 0 Å². The van der Waals surface area contributed by atoms with Gasteiger partial charge in [-0.3, -0.25) is 10.1 Å². The van der Waals surface area contributed by atoms with Gasteiger partial charge in [-0.15, -0.1) is 11.3 Å². The molecule has 22 heavy (non-hydrogen) atoms. The number of rotatable bonds is 5. The zero-order valence-corrected chi connectivity index (χ0v) is 13.9. The predicted octanol–water partition coefficient (Wildman–Crippen LogP) is 1.98. The molecule has 0 saturated heterocycles. The second-order valence-electron chi connectivity index (χ2n) is 4.76. The highest BCUT2D eigenvalue weighted by Crippen LogP contribution is 2.19. The number of sulfone groups is 1. The molecule has 1 amide bonds. The summed E-state index contributed by atoms with van der Waals surface area (Å²) in [4.78, 5) is 20.1. The van der Waals surface area contributed by atoms with Gasteiger partial charge in [-0.25, -0.2) is 18.4 Å². The first-order valence-electron chi connectivity index (χ1n) is 6.35. The summed E-state index contributed by atoms with van der Waals surface area (Å²) in [6.07, 6.45) is 2.39. The minimum atomic E-state index is -3.56. The Labute approximate surface area is 132 Å². The molecule has 2 aromatic heterocycles. The Morgan fingerprint density at radius 3 is 2.64 bits per heavy atom. The Hall–Kier alpha value is -2.00. The number of thiazole rings is 1. The van der Waals surface area contributed by atoms with Crippen molar-refractivity contribution in [2.24, 2.45) is 0 Å². The van der Waals surface area contributed by atoms with Crippen LogP contribution in [0.3, 0.4) is 0 Å². The lowest BCUT2D eigenvalue weighted by Gasteiger charge is -2.11. The van der Waals surface area contributed by atoms with Gasteiger partial charge in [-0.05, 0) is 19.9 Å². The quantitative estimate of drug-likeness (QED) is 0.893. The van der Waals surface area contributed by atoms with Crippen molar-refractivity contribution in [1.82, 2.24) is 9.97 Å². The number of hydrogen-bond acceptors (Lipinski definition) is 7. The van der Waals surface area contributed by atoms with E-state index in [1.165, 1.54) is 23.5 Å². The van der Waals surface area contributed by atoms with Crippen molar-refractivity contribution in [3.63, 3.8) is 0 Å². The smallest absolute Gasteiger partial charge is 0.257 e. The molecule has 0 aliphatic heterocycles. The molecule has 7 nitrogen and oxygen atoms in total. The van der Waals surface area contributed by atoms with E-state index >= 15 is 0 Å². The molecule has 0 unspecified atom stereocenters. The average molecular weight is 341 g/mol. The minimum Gasteiger partial charge on any atom is -0.475 e. The molecular formula is C13H15N3O4S2. The van der Waals surface area contributed by atoms with E-state index < -0.39 is 15.7 Å². The number of nitrogens with one attached hydrogen (secondary N) is 1. The molecule has 9 heteroatoms. The molecule has 0 atom stereocenters. The number of ether oxygens (including phenoxy) is 1. The summed E-state index contributed by atoms with van der Waals surface area (Å²) in [5.74, 6) is -0.391. The Morgan fingerprint density at radius 1 is 1.36 bits per heavy atom. The van der Waals surface area contributed by atoms with E-state index in [2.05, 4.69) is 15.3 Å². The lowest BCUT2D eigenvalue weighted by atomic mass is 10.2. The molecule has 0 spiro atoms. The molecule has 0 fully saturated rings. The number of anilines is 1. The van der Waals surface area contributed by atoms with E-state index in [0.29, 0.717) is 5.13 Å². The Morgan fingerprint density at radius 2 is 2.09 bits per heavy atom. The molecule has 2 aromatic rings. The normalized spacial score (nSPS) is 11.5. The maximum Gasteiger partial charge on any atom is 0.257 e.